The number of fused-ring (bicyclic) bond motifs is 1. The zero-order valence-corrected chi connectivity index (χ0v) is 12.6. The van der Waals surface area contributed by atoms with Gasteiger partial charge in [0.2, 0.25) is 0 Å². The Labute approximate surface area is 127 Å². The first-order valence-electron chi connectivity index (χ1n) is 6.70. The number of ether oxygens (including phenoxy) is 2. The van der Waals surface area contributed by atoms with Crippen molar-refractivity contribution in [3.05, 3.63) is 17.7 Å². The molecule has 1 N–H and O–H groups in total. The Morgan fingerprint density at radius 1 is 1.45 bits per heavy atom. The number of methoxy groups -OCH3 is 1. The quantitative estimate of drug-likeness (QED) is 0.828. The number of hydrogen-bond acceptors (Lipinski definition) is 5. The monoisotopic (exact) mass is 307 g/mol. The van der Waals surface area contributed by atoms with Gasteiger partial charge in [0.1, 0.15) is 6.29 Å². The lowest BCUT2D eigenvalue weighted by atomic mass is 10.0. The van der Waals surface area contributed by atoms with Crippen molar-refractivity contribution in [2.24, 2.45) is 0 Å². The lowest BCUT2D eigenvalue weighted by Gasteiger charge is -2.39. The number of benzene rings is 1. The van der Waals surface area contributed by atoms with Gasteiger partial charge in [-0.05, 0) is 26.0 Å². The van der Waals surface area contributed by atoms with Crippen LogP contribution in [-0.2, 0) is 9.59 Å². The number of carbonyl (C=O) groups is 3. The molecule has 0 radical (unpaired) electrons. The van der Waals surface area contributed by atoms with E-state index in [1.165, 1.54) is 24.1 Å². The fourth-order valence-electron chi connectivity index (χ4n) is 2.29. The molecule has 0 bridgehead atoms. The summed E-state index contributed by atoms with van der Waals surface area (Å²) >= 11 is 0. The number of carboxylic acids is 1. The minimum atomic E-state index is -1.15. The minimum absolute atomic E-state index is 0.0145. The lowest BCUT2D eigenvalue weighted by Crippen LogP contribution is -2.53. The van der Waals surface area contributed by atoms with Crippen molar-refractivity contribution in [1.29, 1.82) is 0 Å². The largest absolute Gasteiger partial charge is 0.493 e. The van der Waals surface area contributed by atoms with Crippen LogP contribution in [0, 0.1) is 0 Å². The van der Waals surface area contributed by atoms with Gasteiger partial charge in [-0.1, -0.05) is 0 Å². The molecule has 118 valence electrons. The van der Waals surface area contributed by atoms with Crippen molar-refractivity contribution in [2.45, 2.75) is 25.9 Å². The van der Waals surface area contributed by atoms with Gasteiger partial charge in [-0.25, -0.2) is 0 Å². The Morgan fingerprint density at radius 2 is 2.14 bits per heavy atom. The zero-order chi connectivity index (χ0) is 16.5. The maximum absolute atomic E-state index is 12.5. The molecule has 0 atom stereocenters. The highest BCUT2D eigenvalue weighted by Crippen LogP contribution is 2.45. The van der Waals surface area contributed by atoms with Crippen molar-refractivity contribution in [3.8, 4) is 11.5 Å². The molecule has 22 heavy (non-hydrogen) atoms. The summed E-state index contributed by atoms with van der Waals surface area (Å²) in [5.74, 6) is -0.743. The first-order valence-corrected chi connectivity index (χ1v) is 6.70. The summed E-state index contributed by atoms with van der Waals surface area (Å²) in [6.07, 6.45) is 0.414. The van der Waals surface area contributed by atoms with Crippen LogP contribution in [0.3, 0.4) is 0 Å². The van der Waals surface area contributed by atoms with Crippen LogP contribution >= 0.6 is 0 Å². The summed E-state index contributed by atoms with van der Waals surface area (Å²) in [4.78, 5) is 35.7. The molecule has 1 aromatic carbocycles. The number of carbonyl (C=O) groups excluding carboxylic acids is 2. The molecule has 1 aliphatic heterocycles. The fraction of sp³-hybridized carbons (Fsp3) is 0.400. The Hall–Kier alpha value is -2.57. The minimum Gasteiger partial charge on any atom is -0.493 e. The van der Waals surface area contributed by atoms with Gasteiger partial charge in [0, 0.05) is 12.1 Å². The van der Waals surface area contributed by atoms with Crippen LogP contribution in [0.25, 0.3) is 0 Å². The molecule has 0 spiro atoms. The van der Waals surface area contributed by atoms with Gasteiger partial charge in [0.15, 0.2) is 17.1 Å². The van der Waals surface area contributed by atoms with Crippen LogP contribution < -0.4 is 14.4 Å². The Morgan fingerprint density at radius 3 is 2.68 bits per heavy atom. The maximum Gasteiger partial charge on any atom is 0.305 e. The maximum atomic E-state index is 12.5. The number of hydrogen-bond donors (Lipinski definition) is 1. The summed E-state index contributed by atoms with van der Waals surface area (Å²) in [5, 5.41) is 8.86. The number of aldehydes is 1. The van der Waals surface area contributed by atoms with Crippen molar-refractivity contribution in [3.63, 3.8) is 0 Å². The smallest absolute Gasteiger partial charge is 0.305 e. The molecule has 1 heterocycles. The molecule has 0 unspecified atom stereocenters. The molecule has 0 fully saturated rings. The van der Waals surface area contributed by atoms with Crippen molar-refractivity contribution < 1.29 is 29.0 Å². The standard InChI is InChI=1S/C15H17NO6/c1-15(2)14(20)16(5-4-12(18)19)10-6-9(8-17)7-11(21-3)13(10)22-15/h6-8H,4-5H2,1-3H3,(H,18,19). The Kier molecular flexibility index (Phi) is 4.07. The lowest BCUT2D eigenvalue weighted by molar-refractivity contribution is -0.137. The average molecular weight is 307 g/mol. The van der Waals surface area contributed by atoms with E-state index in [4.69, 9.17) is 14.6 Å². The molecule has 2 rings (SSSR count). The van der Waals surface area contributed by atoms with Crippen molar-refractivity contribution >= 4 is 23.9 Å². The second kappa shape index (κ2) is 5.67. The molecular weight excluding hydrogens is 290 g/mol. The molecule has 0 aromatic heterocycles. The number of aliphatic carboxylic acids is 1. The van der Waals surface area contributed by atoms with E-state index >= 15 is 0 Å². The van der Waals surface area contributed by atoms with Crippen LogP contribution in [-0.4, -0.2) is 42.5 Å². The van der Waals surface area contributed by atoms with Crippen molar-refractivity contribution in [2.75, 3.05) is 18.6 Å². The number of rotatable bonds is 5. The summed E-state index contributed by atoms with van der Waals surface area (Å²) in [7, 11) is 1.43. The Bertz CT molecular complexity index is 637. The summed E-state index contributed by atoms with van der Waals surface area (Å²) < 4.78 is 10.9. The van der Waals surface area contributed by atoms with Crippen LogP contribution in [0.15, 0.2) is 12.1 Å². The number of anilines is 1. The summed E-state index contributed by atoms with van der Waals surface area (Å²) in [6.45, 7) is 3.18. The molecule has 7 heteroatoms. The molecular formula is C15H17NO6. The highest BCUT2D eigenvalue weighted by Gasteiger charge is 2.42. The second-order valence-electron chi connectivity index (χ2n) is 5.40. The van der Waals surface area contributed by atoms with E-state index in [0.717, 1.165) is 0 Å². The molecule has 1 aromatic rings. The average Bonchev–Trinajstić information content (AvgIpc) is 2.46. The third-order valence-corrected chi connectivity index (χ3v) is 3.37. The second-order valence-corrected chi connectivity index (χ2v) is 5.40. The molecule has 0 saturated carbocycles. The third-order valence-electron chi connectivity index (χ3n) is 3.37. The topological polar surface area (TPSA) is 93.1 Å². The highest BCUT2D eigenvalue weighted by atomic mass is 16.5. The van der Waals surface area contributed by atoms with E-state index in [1.54, 1.807) is 13.8 Å². The summed E-state index contributed by atoms with van der Waals surface area (Å²) in [5.41, 5.74) is -0.499. The number of carboxylic acid groups (broad SMARTS) is 1. The van der Waals surface area contributed by atoms with Gasteiger partial charge in [0.05, 0.1) is 19.2 Å². The molecule has 0 saturated heterocycles. The van der Waals surface area contributed by atoms with Crippen molar-refractivity contribution in [1.82, 2.24) is 0 Å². The highest BCUT2D eigenvalue weighted by molar-refractivity contribution is 6.04. The van der Waals surface area contributed by atoms with E-state index in [0.29, 0.717) is 29.0 Å². The van der Waals surface area contributed by atoms with E-state index < -0.39 is 11.6 Å². The molecule has 1 aliphatic rings. The third kappa shape index (κ3) is 2.74. The molecule has 7 nitrogen and oxygen atoms in total. The fourth-order valence-corrected chi connectivity index (χ4v) is 2.29. The SMILES string of the molecule is COc1cc(C=O)cc2c1OC(C)(C)C(=O)N2CCC(=O)O. The molecule has 0 aliphatic carbocycles. The Balaban J connectivity index is 2.57. The van der Waals surface area contributed by atoms with Crippen LogP contribution in [0.1, 0.15) is 30.6 Å². The first-order chi connectivity index (χ1) is 10.3. The van der Waals surface area contributed by atoms with Crippen LogP contribution in [0.5, 0.6) is 11.5 Å². The zero-order valence-electron chi connectivity index (χ0n) is 12.6. The normalized spacial score (nSPS) is 15.8. The van der Waals surface area contributed by atoms with Gasteiger partial charge in [-0.3, -0.25) is 14.4 Å². The number of amides is 1. The summed E-state index contributed by atoms with van der Waals surface area (Å²) in [6, 6.07) is 2.99. The van der Waals surface area contributed by atoms with Crippen LogP contribution in [0.4, 0.5) is 5.69 Å². The van der Waals surface area contributed by atoms with Crippen LogP contribution in [0.2, 0.25) is 0 Å². The van der Waals surface area contributed by atoms with Gasteiger partial charge >= 0.3 is 5.97 Å². The predicted molar refractivity (Wildman–Crippen MR) is 77.7 cm³/mol. The van der Waals surface area contributed by atoms with E-state index in [2.05, 4.69) is 0 Å². The number of nitrogens with zero attached hydrogens (tertiary/aromatic N) is 1. The van der Waals surface area contributed by atoms with Gasteiger partial charge in [-0.2, -0.15) is 0 Å². The van der Waals surface area contributed by atoms with Gasteiger partial charge < -0.3 is 19.5 Å². The van der Waals surface area contributed by atoms with E-state index in [9.17, 15) is 14.4 Å². The molecule has 1 amide bonds. The predicted octanol–water partition coefficient (Wildman–Crippen LogP) is 1.49. The van der Waals surface area contributed by atoms with Gasteiger partial charge in [-0.15, -0.1) is 0 Å². The van der Waals surface area contributed by atoms with E-state index in [1.807, 2.05) is 0 Å². The van der Waals surface area contributed by atoms with Gasteiger partial charge in [0.25, 0.3) is 5.91 Å². The first kappa shape index (κ1) is 15.8. The van der Waals surface area contributed by atoms with E-state index in [-0.39, 0.29) is 18.9 Å².